The van der Waals surface area contributed by atoms with Gasteiger partial charge in [0.2, 0.25) is 5.95 Å². The van der Waals surface area contributed by atoms with Crippen LogP contribution >= 0.6 is 23.2 Å². The van der Waals surface area contributed by atoms with E-state index in [0.29, 0.717) is 33.2 Å². The van der Waals surface area contributed by atoms with E-state index in [4.69, 9.17) is 23.2 Å². The largest absolute Gasteiger partial charge is 0.371 e. The number of carbonyl (C=O) groups is 1. The molecule has 0 saturated carbocycles. The lowest BCUT2D eigenvalue weighted by atomic mass is 10.2. The van der Waals surface area contributed by atoms with Gasteiger partial charge in [-0.25, -0.2) is 9.78 Å². The zero-order valence-corrected chi connectivity index (χ0v) is 16.6. The van der Waals surface area contributed by atoms with Gasteiger partial charge in [-0.05, 0) is 31.0 Å². The smallest absolute Gasteiger partial charge is 0.321 e. The summed E-state index contributed by atoms with van der Waals surface area (Å²) in [5.74, 6) is 0.904. The van der Waals surface area contributed by atoms with Gasteiger partial charge < -0.3 is 20.9 Å². The molecular weight excluding hydrogens is 387 g/mol. The maximum absolute atomic E-state index is 12.5. The van der Waals surface area contributed by atoms with Crippen molar-refractivity contribution in [2.45, 2.75) is 25.7 Å². The standard InChI is InChI=1S/C18H22Cl2N6O/c1-21-16-15(24-18(27)26-8-4-2-3-5-9-26)11-22-17(25-16)23-12-6-7-13(19)14(20)10-12/h6-7,10-11H,2-5,8-9H2,1H3,(H,24,27)(H2,21,22,23,25). The van der Waals surface area contributed by atoms with Crippen molar-refractivity contribution in [2.75, 3.05) is 36.1 Å². The Morgan fingerprint density at radius 2 is 1.85 bits per heavy atom. The minimum Gasteiger partial charge on any atom is -0.371 e. The van der Waals surface area contributed by atoms with Crippen LogP contribution in [0.4, 0.5) is 27.9 Å². The quantitative estimate of drug-likeness (QED) is 0.664. The van der Waals surface area contributed by atoms with Crippen molar-refractivity contribution >= 4 is 52.4 Å². The monoisotopic (exact) mass is 408 g/mol. The van der Waals surface area contributed by atoms with Crippen molar-refractivity contribution in [3.63, 3.8) is 0 Å². The topological polar surface area (TPSA) is 82.2 Å². The van der Waals surface area contributed by atoms with Gasteiger partial charge in [0.15, 0.2) is 5.82 Å². The fraction of sp³-hybridized carbons (Fsp3) is 0.389. The van der Waals surface area contributed by atoms with Crippen molar-refractivity contribution in [1.29, 1.82) is 0 Å². The number of rotatable bonds is 4. The van der Waals surface area contributed by atoms with E-state index < -0.39 is 0 Å². The van der Waals surface area contributed by atoms with E-state index in [1.54, 1.807) is 31.4 Å². The molecule has 7 nitrogen and oxygen atoms in total. The fourth-order valence-electron chi connectivity index (χ4n) is 2.90. The lowest BCUT2D eigenvalue weighted by Gasteiger charge is -2.21. The minimum absolute atomic E-state index is 0.123. The van der Waals surface area contributed by atoms with E-state index in [1.165, 1.54) is 12.8 Å². The predicted molar refractivity (Wildman–Crippen MR) is 110 cm³/mol. The lowest BCUT2D eigenvalue weighted by molar-refractivity contribution is 0.214. The highest BCUT2D eigenvalue weighted by Gasteiger charge is 2.17. The van der Waals surface area contributed by atoms with E-state index >= 15 is 0 Å². The summed E-state index contributed by atoms with van der Waals surface area (Å²) in [5, 5.41) is 9.88. The van der Waals surface area contributed by atoms with Crippen LogP contribution in [0.5, 0.6) is 0 Å². The Morgan fingerprint density at radius 3 is 2.52 bits per heavy atom. The van der Waals surface area contributed by atoms with Crippen LogP contribution in [0.1, 0.15) is 25.7 Å². The molecule has 3 rings (SSSR count). The van der Waals surface area contributed by atoms with Crippen LogP contribution in [-0.4, -0.2) is 41.0 Å². The summed E-state index contributed by atoms with van der Waals surface area (Å²) in [7, 11) is 1.74. The SMILES string of the molecule is CNc1nc(Nc2ccc(Cl)c(Cl)c2)ncc1NC(=O)N1CCCCCC1. The molecule has 1 fully saturated rings. The van der Waals surface area contributed by atoms with Crippen LogP contribution in [0.15, 0.2) is 24.4 Å². The molecule has 1 aromatic heterocycles. The molecule has 0 atom stereocenters. The first-order valence-corrected chi connectivity index (χ1v) is 9.65. The third-order valence-corrected chi connectivity index (χ3v) is 5.08. The summed E-state index contributed by atoms with van der Waals surface area (Å²) in [5.41, 5.74) is 1.25. The van der Waals surface area contributed by atoms with E-state index in [1.807, 2.05) is 4.90 Å². The summed E-state index contributed by atoms with van der Waals surface area (Å²) < 4.78 is 0. The van der Waals surface area contributed by atoms with Gasteiger partial charge in [-0.1, -0.05) is 36.0 Å². The van der Waals surface area contributed by atoms with Gasteiger partial charge in [0, 0.05) is 25.8 Å². The van der Waals surface area contributed by atoms with Gasteiger partial charge in [-0.15, -0.1) is 0 Å². The zero-order valence-electron chi connectivity index (χ0n) is 15.1. The van der Waals surface area contributed by atoms with Crippen molar-refractivity contribution in [3.05, 3.63) is 34.4 Å². The van der Waals surface area contributed by atoms with Crippen LogP contribution in [0.25, 0.3) is 0 Å². The van der Waals surface area contributed by atoms with Gasteiger partial charge in [0.05, 0.1) is 16.2 Å². The van der Waals surface area contributed by atoms with Gasteiger partial charge in [-0.2, -0.15) is 4.98 Å². The Morgan fingerprint density at radius 1 is 1.11 bits per heavy atom. The number of urea groups is 1. The molecular formula is C18H22Cl2N6O. The Kier molecular flexibility index (Phi) is 6.58. The molecule has 2 heterocycles. The minimum atomic E-state index is -0.123. The molecule has 1 aliphatic heterocycles. The average Bonchev–Trinajstić information content (AvgIpc) is 2.95. The maximum atomic E-state index is 12.5. The van der Waals surface area contributed by atoms with Crippen molar-refractivity contribution in [3.8, 4) is 0 Å². The van der Waals surface area contributed by atoms with E-state index in [9.17, 15) is 4.79 Å². The number of amides is 2. The number of likely N-dealkylation sites (tertiary alicyclic amines) is 1. The Bertz CT molecular complexity index is 808. The number of carbonyl (C=O) groups excluding carboxylic acids is 1. The Balaban J connectivity index is 1.71. The highest BCUT2D eigenvalue weighted by atomic mass is 35.5. The van der Waals surface area contributed by atoms with Gasteiger partial charge in [0.25, 0.3) is 0 Å². The molecule has 3 N–H and O–H groups in total. The molecule has 0 spiro atoms. The molecule has 0 aliphatic carbocycles. The second kappa shape index (κ2) is 9.10. The van der Waals surface area contributed by atoms with Crippen LogP contribution in [0.3, 0.4) is 0 Å². The maximum Gasteiger partial charge on any atom is 0.321 e. The highest BCUT2D eigenvalue weighted by Crippen LogP contribution is 2.27. The third-order valence-electron chi connectivity index (χ3n) is 4.34. The molecule has 1 aromatic carbocycles. The number of aromatic nitrogens is 2. The van der Waals surface area contributed by atoms with E-state index in [0.717, 1.165) is 25.9 Å². The molecule has 144 valence electrons. The number of benzene rings is 1. The van der Waals surface area contributed by atoms with Crippen LogP contribution in [0.2, 0.25) is 10.0 Å². The summed E-state index contributed by atoms with van der Waals surface area (Å²) >= 11 is 12.0. The molecule has 2 aromatic rings. The van der Waals surface area contributed by atoms with Crippen LogP contribution in [-0.2, 0) is 0 Å². The normalized spacial score (nSPS) is 14.4. The summed E-state index contributed by atoms with van der Waals surface area (Å²) in [6.45, 7) is 1.55. The molecule has 1 aliphatic rings. The molecule has 0 bridgehead atoms. The third kappa shape index (κ3) is 5.14. The second-order valence-corrected chi connectivity index (χ2v) is 7.11. The van der Waals surface area contributed by atoms with Crippen molar-refractivity contribution in [1.82, 2.24) is 14.9 Å². The molecule has 2 amide bonds. The first-order valence-electron chi connectivity index (χ1n) is 8.89. The van der Waals surface area contributed by atoms with Crippen molar-refractivity contribution in [2.24, 2.45) is 0 Å². The van der Waals surface area contributed by atoms with Gasteiger partial charge in [0.1, 0.15) is 5.69 Å². The number of hydrogen-bond donors (Lipinski definition) is 3. The Hall–Kier alpha value is -2.25. The van der Waals surface area contributed by atoms with E-state index in [2.05, 4.69) is 25.9 Å². The first kappa shape index (κ1) is 19.5. The second-order valence-electron chi connectivity index (χ2n) is 6.29. The van der Waals surface area contributed by atoms with Crippen LogP contribution in [0, 0.1) is 0 Å². The molecule has 0 unspecified atom stereocenters. The number of hydrogen-bond acceptors (Lipinski definition) is 5. The number of nitrogens with one attached hydrogen (secondary N) is 3. The summed E-state index contributed by atoms with van der Waals surface area (Å²) in [6.07, 6.45) is 5.99. The predicted octanol–water partition coefficient (Wildman–Crippen LogP) is 4.98. The first-order chi connectivity index (χ1) is 13.1. The Labute approximate surface area is 168 Å². The van der Waals surface area contributed by atoms with Gasteiger partial charge >= 0.3 is 6.03 Å². The molecule has 9 heteroatoms. The lowest BCUT2D eigenvalue weighted by Crippen LogP contribution is -2.35. The average molecular weight is 409 g/mol. The van der Waals surface area contributed by atoms with Crippen molar-refractivity contribution < 1.29 is 4.79 Å². The van der Waals surface area contributed by atoms with E-state index in [-0.39, 0.29) is 6.03 Å². The molecule has 27 heavy (non-hydrogen) atoms. The zero-order chi connectivity index (χ0) is 19.2. The van der Waals surface area contributed by atoms with Gasteiger partial charge in [-0.3, -0.25) is 0 Å². The summed E-state index contributed by atoms with van der Waals surface area (Å²) in [4.78, 5) is 23.1. The molecule has 1 saturated heterocycles. The number of anilines is 4. The highest BCUT2D eigenvalue weighted by molar-refractivity contribution is 6.42. The summed E-state index contributed by atoms with van der Waals surface area (Å²) in [6, 6.07) is 5.05. The molecule has 0 radical (unpaired) electrons. The van der Waals surface area contributed by atoms with Crippen LogP contribution < -0.4 is 16.0 Å². The number of halogens is 2. The fourth-order valence-corrected chi connectivity index (χ4v) is 3.19. The number of nitrogens with zero attached hydrogens (tertiary/aromatic N) is 3.